The lowest BCUT2D eigenvalue weighted by Gasteiger charge is -2.30. The van der Waals surface area contributed by atoms with Crippen LogP contribution in [0, 0.1) is 11.6 Å². The Kier molecular flexibility index (Phi) is 7.90. The van der Waals surface area contributed by atoms with Crippen LogP contribution < -0.4 is 10.3 Å². The molecule has 42 heavy (non-hydrogen) atoms. The highest BCUT2D eigenvalue weighted by atomic mass is 32.1. The van der Waals surface area contributed by atoms with Gasteiger partial charge in [-0.05, 0) is 92.5 Å². The van der Waals surface area contributed by atoms with Gasteiger partial charge in [-0.25, -0.2) is 8.78 Å². The molecule has 1 fully saturated rings. The number of benzene rings is 2. The molecule has 214 valence electrons. The lowest BCUT2D eigenvalue weighted by Crippen LogP contribution is -2.32. The molecule has 0 atom stereocenters. The van der Waals surface area contributed by atoms with Gasteiger partial charge in [0.25, 0.3) is 5.56 Å². The lowest BCUT2D eigenvalue weighted by atomic mass is 9.95. The minimum atomic E-state index is -0.637. The zero-order chi connectivity index (χ0) is 29.2. The summed E-state index contributed by atoms with van der Waals surface area (Å²) >= 11 is 1.65. The molecule has 1 aliphatic rings. The fraction of sp³-hybridized carbons (Fsp3) is 0.250. The van der Waals surface area contributed by atoms with Crippen LogP contribution in [0.5, 0.6) is 11.5 Å². The number of halogens is 2. The maximum Gasteiger partial charge on any atom is 0.282 e. The normalized spacial score (nSPS) is 14.4. The first-order chi connectivity index (χ1) is 20.4. The second-order valence-electron chi connectivity index (χ2n) is 10.3. The molecule has 0 N–H and O–H groups in total. The molecule has 0 saturated carbocycles. The summed E-state index contributed by atoms with van der Waals surface area (Å²) in [5, 5.41) is 4.00. The summed E-state index contributed by atoms with van der Waals surface area (Å²) in [6.45, 7) is 5.42. The average Bonchev–Trinajstić information content (AvgIpc) is 3.45. The highest BCUT2D eigenvalue weighted by molar-refractivity contribution is 7.19. The van der Waals surface area contributed by atoms with Gasteiger partial charge in [-0.1, -0.05) is 13.0 Å². The van der Waals surface area contributed by atoms with Crippen molar-refractivity contribution in [2.75, 3.05) is 19.6 Å². The number of rotatable bonds is 8. The third kappa shape index (κ3) is 5.73. The van der Waals surface area contributed by atoms with Crippen LogP contribution in [0.2, 0.25) is 0 Å². The first-order valence-corrected chi connectivity index (χ1v) is 14.7. The Morgan fingerprint density at radius 1 is 1.00 bits per heavy atom. The summed E-state index contributed by atoms with van der Waals surface area (Å²) in [4.78, 5) is 34.2. The smallest absolute Gasteiger partial charge is 0.282 e. The molecule has 0 radical (unpaired) electrons. The molecule has 2 aromatic carbocycles. The maximum atomic E-state index is 15.2. The van der Waals surface area contributed by atoms with Crippen molar-refractivity contribution in [1.82, 2.24) is 19.7 Å². The minimum absolute atomic E-state index is 0.0347. The van der Waals surface area contributed by atoms with Gasteiger partial charge in [-0.2, -0.15) is 9.78 Å². The van der Waals surface area contributed by atoms with Crippen molar-refractivity contribution >= 4 is 27.3 Å². The molecule has 1 saturated heterocycles. The van der Waals surface area contributed by atoms with E-state index in [2.05, 4.69) is 28.0 Å². The average molecular weight is 587 g/mol. The Hall–Kier alpha value is -4.28. The number of ketones is 1. The highest BCUT2D eigenvalue weighted by Crippen LogP contribution is 2.40. The van der Waals surface area contributed by atoms with Crippen molar-refractivity contribution in [2.45, 2.75) is 32.1 Å². The van der Waals surface area contributed by atoms with Crippen LogP contribution in [-0.4, -0.2) is 45.1 Å². The summed E-state index contributed by atoms with van der Waals surface area (Å²) < 4.78 is 36.4. The molecule has 10 heteroatoms. The van der Waals surface area contributed by atoms with Crippen molar-refractivity contribution in [3.8, 4) is 17.2 Å². The second kappa shape index (κ2) is 11.9. The number of likely N-dealkylation sites (tertiary alicyclic amines) is 1. The number of thiophene rings is 1. The summed E-state index contributed by atoms with van der Waals surface area (Å²) in [6.07, 6.45) is 5.00. The van der Waals surface area contributed by atoms with E-state index in [0.29, 0.717) is 22.9 Å². The van der Waals surface area contributed by atoms with E-state index < -0.39 is 23.0 Å². The van der Waals surface area contributed by atoms with Gasteiger partial charge in [0, 0.05) is 29.8 Å². The fourth-order valence-corrected chi connectivity index (χ4v) is 6.51. The zero-order valence-corrected chi connectivity index (χ0v) is 23.7. The number of pyridine rings is 1. The quantitative estimate of drug-likeness (QED) is 0.192. The van der Waals surface area contributed by atoms with E-state index in [0.717, 1.165) is 47.4 Å². The lowest BCUT2D eigenvalue weighted by molar-refractivity contribution is 0.0991. The Bertz CT molecular complexity index is 1810. The number of aromatic nitrogens is 3. The monoisotopic (exact) mass is 586 g/mol. The van der Waals surface area contributed by atoms with Gasteiger partial charge in [-0.3, -0.25) is 14.6 Å². The van der Waals surface area contributed by atoms with Crippen LogP contribution in [0.3, 0.4) is 0 Å². The van der Waals surface area contributed by atoms with E-state index in [4.69, 9.17) is 4.74 Å². The molecule has 0 aliphatic carbocycles. The molecule has 5 aromatic rings. The van der Waals surface area contributed by atoms with E-state index in [1.165, 1.54) is 53.5 Å². The van der Waals surface area contributed by atoms with Crippen molar-refractivity contribution in [3.05, 3.63) is 111 Å². The Balaban J connectivity index is 1.18. The topological polar surface area (TPSA) is 77.3 Å². The molecule has 0 bridgehead atoms. The molecule has 0 unspecified atom stereocenters. The first kappa shape index (κ1) is 27.9. The summed E-state index contributed by atoms with van der Waals surface area (Å²) in [5.74, 6) is -0.514. The largest absolute Gasteiger partial charge is 0.453 e. The van der Waals surface area contributed by atoms with Crippen LogP contribution in [0.4, 0.5) is 8.78 Å². The van der Waals surface area contributed by atoms with Crippen molar-refractivity contribution in [2.24, 2.45) is 0 Å². The SMILES string of the molecule is CCN1CCC(c2cc3nccc(Oc4ccc(CC(=O)c5ccnn(-c6ccc(F)cc6)c5=O)cc4F)c3s2)CC1. The zero-order valence-electron chi connectivity index (χ0n) is 22.9. The molecule has 6 rings (SSSR count). The summed E-state index contributed by atoms with van der Waals surface area (Å²) in [6, 6.07) is 14.7. The number of nitrogens with zero attached hydrogens (tertiary/aromatic N) is 4. The maximum absolute atomic E-state index is 15.2. The highest BCUT2D eigenvalue weighted by Gasteiger charge is 2.23. The van der Waals surface area contributed by atoms with Gasteiger partial charge in [-0.15, -0.1) is 11.3 Å². The van der Waals surface area contributed by atoms with Crippen LogP contribution in [-0.2, 0) is 6.42 Å². The third-order valence-corrected chi connectivity index (χ3v) is 8.93. The molecule has 0 amide bonds. The van der Waals surface area contributed by atoms with Crippen molar-refractivity contribution in [1.29, 1.82) is 0 Å². The number of hydrogen-bond donors (Lipinski definition) is 0. The number of carbonyl (C=O) groups is 1. The summed E-state index contributed by atoms with van der Waals surface area (Å²) in [7, 11) is 0. The van der Waals surface area contributed by atoms with Crippen LogP contribution in [0.1, 0.15) is 46.5 Å². The van der Waals surface area contributed by atoms with Gasteiger partial charge in [0.2, 0.25) is 0 Å². The molecule has 4 heterocycles. The number of piperidine rings is 1. The van der Waals surface area contributed by atoms with E-state index in [1.54, 1.807) is 29.7 Å². The molecular formula is C32H28F2N4O3S. The molecule has 3 aromatic heterocycles. The van der Waals surface area contributed by atoms with Gasteiger partial charge < -0.3 is 9.64 Å². The summed E-state index contributed by atoms with van der Waals surface area (Å²) in [5.41, 5.74) is 0.821. The predicted molar refractivity (Wildman–Crippen MR) is 158 cm³/mol. The second-order valence-corrected chi connectivity index (χ2v) is 11.4. The van der Waals surface area contributed by atoms with Gasteiger partial charge in [0.05, 0.1) is 21.5 Å². The van der Waals surface area contributed by atoms with Crippen LogP contribution in [0.25, 0.3) is 15.9 Å². The minimum Gasteiger partial charge on any atom is -0.453 e. The first-order valence-electron chi connectivity index (χ1n) is 13.8. The van der Waals surface area contributed by atoms with E-state index in [-0.39, 0.29) is 17.7 Å². The number of Topliss-reactive ketones (excluding diaryl/α,β-unsaturated/α-hetero) is 1. The van der Waals surface area contributed by atoms with E-state index >= 15 is 4.39 Å². The van der Waals surface area contributed by atoms with E-state index in [9.17, 15) is 14.0 Å². The Labute approximate surface area is 245 Å². The van der Waals surface area contributed by atoms with Gasteiger partial charge in [0.15, 0.2) is 17.3 Å². The molecule has 1 aliphatic heterocycles. The Morgan fingerprint density at radius 3 is 2.52 bits per heavy atom. The number of fused-ring (bicyclic) bond motifs is 1. The van der Waals surface area contributed by atoms with Crippen LogP contribution >= 0.6 is 11.3 Å². The molecule has 7 nitrogen and oxygen atoms in total. The molecular weight excluding hydrogens is 558 g/mol. The van der Waals surface area contributed by atoms with Crippen molar-refractivity contribution in [3.63, 3.8) is 0 Å². The van der Waals surface area contributed by atoms with Gasteiger partial charge >= 0.3 is 0 Å². The Morgan fingerprint density at radius 2 is 1.79 bits per heavy atom. The number of ether oxygens (including phenoxy) is 1. The van der Waals surface area contributed by atoms with E-state index in [1.807, 2.05) is 0 Å². The number of carbonyl (C=O) groups excluding carboxylic acids is 1. The van der Waals surface area contributed by atoms with Crippen LogP contribution in [0.15, 0.2) is 77.9 Å². The standard InChI is InChI=1S/C32H28F2N4O3S/c1-2-37-15-11-21(12-16-37)30-19-26-31(42-30)29(10-13-35-26)41-28-8-3-20(17-25(28)34)18-27(39)24-9-14-36-38(32(24)40)23-6-4-22(33)5-7-23/h3-10,13-14,17,19,21H,2,11-12,15-16,18H2,1H3. The predicted octanol–water partition coefficient (Wildman–Crippen LogP) is 6.54. The molecule has 0 spiro atoms. The van der Waals surface area contributed by atoms with Crippen molar-refractivity contribution < 1.29 is 18.3 Å². The van der Waals surface area contributed by atoms with Gasteiger partial charge in [0.1, 0.15) is 11.6 Å². The third-order valence-electron chi connectivity index (χ3n) is 7.63. The fourth-order valence-electron chi connectivity index (χ4n) is 5.28. The number of hydrogen-bond acceptors (Lipinski definition) is 7.